The molecule has 1 saturated heterocycles. The molecule has 1 atom stereocenters. The number of hydrogen-bond donors (Lipinski definition) is 1. The lowest BCUT2D eigenvalue weighted by Gasteiger charge is -2.25. The highest BCUT2D eigenvalue weighted by atomic mass is 16.5. The molecule has 0 bridgehead atoms. The lowest BCUT2D eigenvalue weighted by atomic mass is 10.0. The van der Waals surface area contributed by atoms with Crippen molar-refractivity contribution >= 4 is 16.9 Å². The highest BCUT2D eigenvalue weighted by Gasteiger charge is 2.29. The van der Waals surface area contributed by atoms with Gasteiger partial charge in [-0.25, -0.2) is 0 Å². The minimum atomic E-state index is 0.0703. The fraction of sp³-hybridized carbons (Fsp3) is 0.316. The van der Waals surface area contributed by atoms with Crippen LogP contribution < -0.4 is 4.74 Å². The summed E-state index contributed by atoms with van der Waals surface area (Å²) >= 11 is 0. The van der Waals surface area contributed by atoms with Crippen LogP contribution in [-0.2, 0) is 6.42 Å². The minimum Gasteiger partial charge on any atom is -0.497 e. The van der Waals surface area contributed by atoms with Crippen molar-refractivity contribution in [2.75, 3.05) is 13.7 Å². The molecule has 0 aliphatic carbocycles. The van der Waals surface area contributed by atoms with Crippen molar-refractivity contribution in [1.29, 1.82) is 0 Å². The summed E-state index contributed by atoms with van der Waals surface area (Å²) in [7, 11) is 1.66. The van der Waals surface area contributed by atoms with Crippen LogP contribution in [0.15, 0.2) is 42.5 Å². The lowest BCUT2D eigenvalue weighted by molar-refractivity contribution is 0.0736. The Balaban J connectivity index is 1.52. The van der Waals surface area contributed by atoms with E-state index in [4.69, 9.17) is 4.74 Å². The Kier molecular flexibility index (Phi) is 4.09. The van der Waals surface area contributed by atoms with Gasteiger partial charge in [0.1, 0.15) is 16.8 Å². The molecular formula is C19H20N4O2. The van der Waals surface area contributed by atoms with Crippen LogP contribution in [-0.4, -0.2) is 45.9 Å². The third-order valence-electron chi connectivity index (χ3n) is 4.83. The number of aromatic amines is 1. The van der Waals surface area contributed by atoms with Crippen LogP contribution in [0.25, 0.3) is 11.0 Å². The summed E-state index contributed by atoms with van der Waals surface area (Å²) in [5.74, 6) is 0.921. The number of amides is 1. The number of carbonyl (C=O) groups is 1. The number of rotatable bonds is 4. The molecule has 1 aliphatic heterocycles. The highest BCUT2D eigenvalue weighted by Crippen LogP contribution is 2.25. The number of H-pyrrole nitrogens is 1. The number of nitrogens with one attached hydrogen (secondary N) is 1. The predicted octanol–water partition coefficient (Wildman–Crippen LogP) is 2.81. The zero-order valence-electron chi connectivity index (χ0n) is 14.1. The lowest BCUT2D eigenvalue weighted by Crippen LogP contribution is -2.36. The van der Waals surface area contributed by atoms with Crippen molar-refractivity contribution in [2.24, 2.45) is 0 Å². The number of carbonyl (C=O) groups excluding carboxylic acids is 1. The van der Waals surface area contributed by atoms with Crippen LogP contribution in [0.3, 0.4) is 0 Å². The van der Waals surface area contributed by atoms with Crippen LogP contribution in [0, 0.1) is 0 Å². The van der Waals surface area contributed by atoms with Gasteiger partial charge in [0.2, 0.25) is 0 Å². The number of likely N-dealkylation sites (tertiary alicyclic amines) is 1. The second kappa shape index (κ2) is 6.55. The largest absolute Gasteiger partial charge is 0.497 e. The van der Waals surface area contributed by atoms with E-state index in [2.05, 4.69) is 27.5 Å². The van der Waals surface area contributed by atoms with Crippen LogP contribution in [0.5, 0.6) is 5.75 Å². The van der Waals surface area contributed by atoms with Gasteiger partial charge in [0.15, 0.2) is 0 Å². The molecule has 6 heteroatoms. The van der Waals surface area contributed by atoms with Crippen LogP contribution in [0.2, 0.25) is 0 Å². The monoisotopic (exact) mass is 336 g/mol. The fourth-order valence-electron chi connectivity index (χ4n) is 3.49. The number of fused-ring (bicyclic) bond motifs is 1. The van der Waals surface area contributed by atoms with Crippen molar-refractivity contribution < 1.29 is 9.53 Å². The summed E-state index contributed by atoms with van der Waals surface area (Å²) in [5.41, 5.74) is 3.38. The van der Waals surface area contributed by atoms with Gasteiger partial charge in [-0.05, 0) is 55.2 Å². The van der Waals surface area contributed by atoms with Crippen molar-refractivity contribution in [3.8, 4) is 5.75 Å². The van der Waals surface area contributed by atoms with E-state index in [0.717, 1.165) is 42.6 Å². The third-order valence-corrected chi connectivity index (χ3v) is 4.83. The highest BCUT2D eigenvalue weighted by molar-refractivity contribution is 5.97. The standard InChI is InChI=1S/C19H20N4O2/c1-25-16-7-4-13(5-8-16)11-15-3-2-10-23(15)19(24)14-6-9-17-18(12-14)21-22-20-17/h4-9,12,15H,2-3,10-11H2,1H3,(H,20,21,22). The molecule has 1 N–H and O–H groups in total. The van der Waals surface area contributed by atoms with E-state index in [0.29, 0.717) is 5.56 Å². The molecule has 1 amide bonds. The second-order valence-electron chi connectivity index (χ2n) is 6.37. The quantitative estimate of drug-likeness (QED) is 0.795. The van der Waals surface area contributed by atoms with Gasteiger partial charge < -0.3 is 9.64 Å². The Hall–Kier alpha value is -2.89. The molecule has 0 spiro atoms. The summed E-state index contributed by atoms with van der Waals surface area (Å²) in [5, 5.41) is 10.7. The van der Waals surface area contributed by atoms with Gasteiger partial charge in [0.25, 0.3) is 5.91 Å². The Morgan fingerprint density at radius 1 is 1.20 bits per heavy atom. The Morgan fingerprint density at radius 3 is 2.80 bits per heavy atom. The van der Waals surface area contributed by atoms with E-state index >= 15 is 0 Å². The molecule has 1 aliphatic rings. The Labute approximate surface area is 145 Å². The van der Waals surface area contributed by atoms with Crippen LogP contribution in [0.1, 0.15) is 28.8 Å². The second-order valence-corrected chi connectivity index (χ2v) is 6.37. The summed E-state index contributed by atoms with van der Waals surface area (Å²) in [4.78, 5) is 15.0. The molecule has 2 heterocycles. The molecular weight excluding hydrogens is 316 g/mol. The molecule has 6 nitrogen and oxygen atoms in total. The van der Waals surface area contributed by atoms with Crippen molar-refractivity contribution in [3.05, 3.63) is 53.6 Å². The smallest absolute Gasteiger partial charge is 0.254 e. The first-order valence-corrected chi connectivity index (χ1v) is 8.49. The number of hydrogen-bond acceptors (Lipinski definition) is 4. The van der Waals surface area contributed by atoms with Crippen molar-refractivity contribution in [3.63, 3.8) is 0 Å². The van der Waals surface area contributed by atoms with Gasteiger partial charge in [0, 0.05) is 18.2 Å². The predicted molar refractivity (Wildman–Crippen MR) is 94.6 cm³/mol. The van der Waals surface area contributed by atoms with E-state index in [9.17, 15) is 4.79 Å². The fourth-order valence-corrected chi connectivity index (χ4v) is 3.49. The first-order chi connectivity index (χ1) is 12.2. The molecule has 3 aromatic rings. The first-order valence-electron chi connectivity index (χ1n) is 8.49. The van der Waals surface area contributed by atoms with Gasteiger partial charge >= 0.3 is 0 Å². The van der Waals surface area contributed by atoms with E-state index < -0.39 is 0 Å². The van der Waals surface area contributed by atoms with Crippen molar-refractivity contribution in [1.82, 2.24) is 20.3 Å². The van der Waals surface area contributed by atoms with Gasteiger partial charge in [0.05, 0.1) is 7.11 Å². The summed E-state index contributed by atoms with van der Waals surface area (Å²) in [6, 6.07) is 13.8. The average Bonchev–Trinajstić information content (AvgIpc) is 3.30. The molecule has 0 saturated carbocycles. The van der Waals surface area contributed by atoms with Gasteiger partial charge in [-0.3, -0.25) is 4.79 Å². The SMILES string of the molecule is COc1ccc(CC2CCCN2C(=O)c2ccc3n[nH]nc3c2)cc1. The number of aromatic nitrogens is 3. The molecule has 2 aromatic carbocycles. The Morgan fingerprint density at radius 2 is 2.00 bits per heavy atom. The van der Waals surface area contributed by atoms with Crippen LogP contribution in [0.4, 0.5) is 0 Å². The van der Waals surface area contributed by atoms with Gasteiger partial charge in [-0.2, -0.15) is 15.4 Å². The molecule has 4 rings (SSSR count). The normalized spacial score (nSPS) is 17.2. The van der Waals surface area contributed by atoms with E-state index in [1.807, 2.05) is 35.2 Å². The summed E-state index contributed by atoms with van der Waals surface area (Å²) < 4.78 is 5.21. The zero-order valence-corrected chi connectivity index (χ0v) is 14.1. The van der Waals surface area contributed by atoms with Gasteiger partial charge in [-0.1, -0.05) is 12.1 Å². The van der Waals surface area contributed by atoms with E-state index in [1.54, 1.807) is 7.11 Å². The van der Waals surface area contributed by atoms with E-state index in [1.165, 1.54) is 5.56 Å². The average molecular weight is 336 g/mol. The molecule has 1 fully saturated rings. The Bertz CT molecular complexity index is 888. The van der Waals surface area contributed by atoms with Crippen molar-refractivity contribution in [2.45, 2.75) is 25.3 Å². The van der Waals surface area contributed by atoms with Gasteiger partial charge in [-0.15, -0.1) is 0 Å². The zero-order chi connectivity index (χ0) is 17.2. The maximum Gasteiger partial charge on any atom is 0.254 e. The topological polar surface area (TPSA) is 71.1 Å². The minimum absolute atomic E-state index is 0.0703. The number of ether oxygens (including phenoxy) is 1. The molecule has 25 heavy (non-hydrogen) atoms. The molecule has 0 radical (unpaired) electrons. The third kappa shape index (κ3) is 3.07. The molecule has 1 unspecified atom stereocenters. The number of nitrogens with zero attached hydrogens (tertiary/aromatic N) is 3. The number of methoxy groups -OCH3 is 1. The molecule has 128 valence electrons. The number of benzene rings is 2. The van der Waals surface area contributed by atoms with Crippen LogP contribution >= 0.6 is 0 Å². The first kappa shape index (κ1) is 15.6. The van der Waals surface area contributed by atoms with E-state index in [-0.39, 0.29) is 11.9 Å². The maximum absolute atomic E-state index is 13.0. The maximum atomic E-state index is 13.0. The molecule has 1 aromatic heterocycles. The summed E-state index contributed by atoms with van der Waals surface area (Å²) in [6.45, 7) is 0.802. The summed E-state index contributed by atoms with van der Waals surface area (Å²) in [6.07, 6.45) is 2.94.